The number of benzene rings is 1. The lowest BCUT2D eigenvalue weighted by Crippen LogP contribution is -2.40. The van der Waals surface area contributed by atoms with Crippen LogP contribution in [0.4, 0.5) is 0 Å². The topological polar surface area (TPSA) is 29.1 Å². The number of hydrogen-bond acceptors (Lipinski definition) is 1. The molecule has 92 valence electrons. The third-order valence-corrected chi connectivity index (χ3v) is 4.84. The largest absolute Gasteiger partial charge is 0.351 e. The van der Waals surface area contributed by atoms with E-state index in [9.17, 15) is 4.79 Å². The van der Waals surface area contributed by atoms with Crippen LogP contribution in [0.3, 0.4) is 0 Å². The third-order valence-electron chi connectivity index (χ3n) is 3.41. The predicted molar refractivity (Wildman–Crippen MR) is 81.2 cm³/mol. The van der Waals surface area contributed by atoms with E-state index in [1.54, 1.807) is 0 Å². The lowest BCUT2D eigenvalue weighted by Gasteiger charge is -2.38. The number of amides is 1. The summed E-state index contributed by atoms with van der Waals surface area (Å²) in [6, 6.07) is 5.77. The van der Waals surface area contributed by atoms with Crippen LogP contribution in [0.1, 0.15) is 36.5 Å². The van der Waals surface area contributed by atoms with Crippen molar-refractivity contribution in [3.05, 3.63) is 31.8 Å². The molecule has 1 fully saturated rings. The van der Waals surface area contributed by atoms with Crippen LogP contribution in [-0.2, 0) is 0 Å². The van der Waals surface area contributed by atoms with E-state index >= 15 is 0 Å². The van der Waals surface area contributed by atoms with Gasteiger partial charge in [-0.3, -0.25) is 4.79 Å². The molecular weight excluding hydrogens is 393 g/mol. The Kier molecular flexibility index (Phi) is 4.13. The molecule has 1 aliphatic rings. The van der Waals surface area contributed by atoms with Crippen LogP contribution in [0.15, 0.2) is 22.7 Å². The molecule has 1 saturated carbocycles. The summed E-state index contributed by atoms with van der Waals surface area (Å²) in [6.07, 6.45) is 3.74. The van der Waals surface area contributed by atoms with Crippen molar-refractivity contribution < 1.29 is 4.79 Å². The van der Waals surface area contributed by atoms with Crippen molar-refractivity contribution in [1.82, 2.24) is 5.32 Å². The van der Waals surface area contributed by atoms with Gasteiger partial charge in [-0.2, -0.15) is 0 Å². The maximum atomic E-state index is 12.1. The van der Waals surface area contributed by atoms with Crippen LogP contribution >= 0.6 is 38.5 Å². The third kappa shape index (κ3) is 3.22. The Morgan fingerprint density at radius 3 is 2.82 bits per heavy atom. The molecule has 0 radical (unpaired) electrons. The van der Waals surface area contributed by atoms with Gasteiger partial charge >= 0.3 is 0 Å². The Bertz CT molecular complexity index is 443. The van der Waals surface area contributed by atoms with E-state index in [-0.39, 0.29) is 5.91 Å². The fourth-order valence-electron chi connectivity index (χ4n) is 2.02. The standard InChI is InChI=1S/C13H15BrINO/c1-13(5-2-6-13)8-16-12(17)10-7-9(14)3-4-11(10)15/h3-4,7H,2,5-6,8H2,1H3,(H,16,17). The van der Waals surface area contributed by atoms with Gasteiger partial charge in [0.05, 0.1) is 5.56 Å². The predicted octanol–water partition coefficient (Wildman–Crippen LogP) is 3.97. The van der Waals surface area contributed by atoms with Crippen LogP contribution in [-0.4, -0.2) is 12.5 Å². The number of carbonyl (C=O) groups excluding carboxylic acids is 1. The van der Waals surface area contributed by atoms with Crippen molar-refractivity contribution in [3.63, 3.8) is 0 Å². The zero-order valence-electron chi connectivity index (χ0n) is 9.72. The molecule has 1 aromatic carbocycles. The number of hydrogen-bond donors (Lipinski definition) is 1. The van der Waals surface area contributed by atoms with Gasteiger partial charge in [0.2, 0.25) is 0 Å². The maximum Gasteiger partial charge on any atom is 0.252 e. The lowest BCUT2D eigenvalue weighted by atomic mass is 9.70. The van der Waals surface area contributed by atoms with E-state index < -0.39 is 0 Å². The second-order valence-corrected chi connectivity index (χ2v) is 7.05. The monoisotopic (exact) mass is 407 g/mol. The summed E-state index contributed by atoms with van der Waals surface area (Å²) in [6.45, 7) is 3.02. The molecule has 0 atom stereocenters. The Labute approximate surface area is 124 Å². The zero-order valence-corrected chi connectivity index (χ0v) is 13.5. The van der Waals surface area contributed by atoms with Gasteiger partial charge in [0.1, 0.15) is 0 Å². The van der Waals surface area contributed by atoms with Crippen molar-refractivity contribution >= 4 is 44.4 Å². The molecule has 0 aromatic heterocycles. The fourth-order valence-corrected chi connectivity index (χ4v) is 2.96. The van der Waals surface area contributed by atoms with Crippen LogP contribution in [0.2, 0.25) is 0 Å². The second kappa shape index (κ2) is 5.26. The number of rotatable bonds is 3. The molecule has 0 unspecified atom stereocenters. The average molecular weight is 408 g/mol. The molecule has 17 heavy (non-hydrogen) atoms. The molecule has 0 heterocycles. The first-order valence-electron chi connectivity index (χ1n) is 5.73. The fraction of sp³-hybridized carbons (Fsp3) is 0.462. The highest BCUT2D eigenvalue weighted by Gasteiger charge is 2.32. The van der Waals surface area contributed by atoms with Crippen molar-refractivity contribution in [1.29, 1.82) is 0 Å². The highest BCUT2D eigenvalue weighted by Crippen LogP contribution is 2.39. The van der Waals surface area contributed by atoms with E-state index in [2.05, 4.69) is 50.8 Å². The Morgan fingerprint density at radius 1 is 1.53 bits per heavy atom. The summed E-state index contributed by atoms with van der Waals surface area (Å²) in [7, 11) is 0. The minimum Gasteiger partial charge on any atom is -0.351 e. The average Bonchev–Trinajstić information content (AvgIpc) is 2.26. The van der Waals surface area contributed by atoms with Crippen molar-refractivity contribution in [3.8, 4) is 0 Å². The highest BCUT2D eigenvalue weighted by atomic mass is 127. The molecule has 0 saturated heterocycles. The molecule has 4 heteroatoms. The van der Waals surface area contributed by atoms with Crippen molar-refractivity contribution in [2.24, 2.45) is 5.41 Å². The summed E-state index contributed by atoms with van der Waals surface area (Å²) in [5.41, 5.74) is 1.08. The van der Waals surface area contributed by atoms with Crippen molar-refractivity contribution in [2.75, 3.05) is 6.54 Å². The summed E-state index contributed by atoms with van der Waals surface area (Å²) >= 11 is 5.59. The normalized spacial score (nSPS) is 17.4. The first-order chi connectivity index (χ1) is 8.00. The molecule has 1 N–H and O–H groups in total. The van der Waals surface area contributed by atoms with Gasteiger partial charge < -0.3 is 5.32 Å². The first-order valence-corrected chi connectivity index (χ1v) is 7.61. The lowest BCUT2D eigenvalue weighted by molar-refractivity contribution is 0.0890. The summed E-state index contributed by atoms with van der Waals surface area (Å²) in [5.74, 6) is 0.0313. The number of carbonyl (C=O) groups is 1. The Balaban J connectivity index is 2.01. The van der Waals surface area contributed by atoms with Crippen LogP contribution < -0.4 is 5.32 Å². The van der Waals surface area contributed by atoms with Gasteiger partial charge in [0.25, 0.3) is 5.91 Å². The molecule has 2 nitrogen and oxygen atoms in total. The molecule has 0 bridgehead atoms. The molecule has 1 amide bonds. The molecule has 2 rings (SSSR count). The molecule has 1 aromatic rings. The SMILES string of the molecule is CC1(CNC(=O)c2cc(Br)ccc2I)CCC1. The number of nitrogens with one attached hydrogen (secondary N) is 1. The minimum atomic E-state index is 0.0313. The Hall–Kier alpha value is -0.100. The second-order valence-electron chi connectivity index (χ2n) is 4.97. The van der Waals surface area contributed by atoms with Crippen LogP contribution in [0.25, 0.3) is 0 Å². The molecule has 0 aliphatic heterocycles. The number of halogens is 2. The summed E-state index contributed by atoms with van der Waals surface area (Å²) in [4.78, 5) is 12.1. The van der Waals surface area contributed by atoms with E-state index in [0.717, 1.165) is 20.2 Å². The van der Waals surface area contributed by atoms with E-state index in [1.165, 1.54) is 19.3 Å². The van der Waals surface area contributed by atoms with Crippen LogP contribution in [0, 0.1) is 8.99 Å². The van der Waals surface area contributed by atoms with Gasteiger partial charge in [-0.25, -0.2) is 0 Å². The first kappa shape index (κ1) is 13.3. The quantitative estimate of drug-likeness (QED) is 0.754. The van der Waals surface area contributed by atoms with E-state index in [1.807, 2.05) is 18.2 Å². The van der Waals surface area contributed by atoms with Gasteiger partial charge in [0, 0.05) is 14.6 Å². The minimum absolute atomic E-state index is 0.0313. The molecule has 1 aliphatic carbocycles. The zero-order chi connectivity index (χ0) is 12.5. The van der Waals surface area contributed by atoms with E-state index in [0.29, 0.717) is 5.41 Å². The Morgan fingerprint density at radius 2 is 2.24 bits per heavy atom. The summed E-state index contributed by atoms with van der Waals surface area (Å²) < 4.78 is 1.93. The molecule has 0 spiro atoms. The van der Waals surface area contributed by atoms with Crippen LogP contribution in [0.5, 0.6) is 0 Å². The highest BCUT2D eigenvalue weighted by molar-refractivity contribution is 14.1. The van der Waals surface area contributed by atoms with Crippen molar-refractivity contribution in [2.45, 2.75) is 26.2 Å². The molecular formula is C13H15BrINO. The van der Waals surface area contributed by atoms with Gasteiger partial charge in [-0.1, -0.05) is 29.3 Å². The van der Waals surface area contributed by atoms with Gasteiger partial charge in [-0.05, 0) is 59.0 Å². The summed E-state index contributed by atoms with van der Waals surface area (Å²) in [5, 5.41) is 3.04. The van der Waals surface area contributed by atoms with Gasteiger partial charge in [-0.15, -0.1) is 0 Å². The smallest absolute Gasteiger partial charge is 0.252 e. The van der Waals surface area contributed by atoms with Gasteiger partial charge in [0.15, 0.2) is 0 Å². The maximum absolute atomic E-state index is 12.1. The van der Waals surface area contributed by atoms with E-state index in [4.69, 9.17) is 0 Å².